The lowest BCUT2D eigenvalue weighted by Gasteiger charge is -2.36. The number of nitrogens with zero attached hydrogens (tertiary/aromatic N) is 3. The lowest BCUT2D eigenvalue weighted by molar-refractivity contribution is 0.125. The summed E-state index contributed by atoms with van der Waals surface area (Å²) in [7, 11) is 0. The number of aromatic amines is 2. The van der Waals surface area contributed by atoms with Crippen molar-refractivity contribution in [3.63, 3.8) is 0 Å². The number of benzene rings is 1. The van der Waals surface area contributed by atoms with Crippen LogP contribution in [0.5, 0.6) is 5.75 Å². The van der Waals surface area contributed by atoms with Gasteiger partial charge >= 0.3 is 11.7 Å². The smallest absolute Gasteiger partial charge is 0.325 e. The van der Waals surface area contributed by atoms with E-state index in [1.807, 2.05) is 29.2 Å². The summed E-state index contributed by atoms with van der Waals surface area (Å²) in [6, 6.07) is 7.61. The van der Waals surface area contributed by atoms with Crippen molar-refractivity contribution in [2.75, 3.05) is 45.9 Å². The fourth-order valence-corrected chi connectivity index (χ4v) is 4.39. The highest BCUT2D eigenvalue weighted by Crippen LogP contribution is 2.30. The molecule has 0 aliphatic carbocycles. The number of hydrogen-bond acceptors (Lipinski definition) is 5. The van der Waals surface area contributed by atoms with E-state index in [-0.39, 0.29) is 11.7 Å². The van der Waals surface area contributed by atoms with Gasteiger partial charge in [-0.1, -0.05) is 38.8 Å². The Balaban J connectivity index is 1.24. The number of nitrogens with one attached hydrogen (secondary N) is 3. The van der Waals surface area contributed by atoms with Crippen LogP contribution in [0, 0.1) is 5.92 Å². The van der Waals surface area contributed by atoms with Crippen LogP contribution in [-0.4, -0.2) is 76.7 Å². The van der Waals surface area contributed by atoms with E-state index in [4.69, 9.17) is 4.74 Å². The second-order valence-electron chi connectivity index (χ2n) is 8.66. The number of rotatable bonds is 9. The summed E-state index contributed by atoms with van der Waals surface area (Å²) in [6.45, 7) is 9.98. The molecule has 1 aliphatic rings. The minimum atomic E-state index is -0.315. The van der Waals surface area contributed by atoms with Crippen molar-refractivity contribution in [2.45, 2.75) is 33.1 Å². The molecule has 33 heavy (non-hydrogen) atoms. The summed E-state index contributed by atoms with van der Waals surface area (Å²) >= 11 is 0. The number of aromatic nitrogens is 3. The van der Waals surface area contributed by atoms with Gasteiger partial charge in [0.2, 0.25) is 0 Å². The molecule has 0 spiro atoms. The maximum Gasteiger partial charge on any atom is 0.325 e. The van der Waals surface area contributed by atoms with E-state index in [9.17, 15) is 9.59 Å². The van der Waals surface area contributed by atoms with Gasteiger partial charge in [0.1, 0.15) is 5.52 Å². The average molecular weight is 455 g/mol. The van der Waals surface area contributed by atoms with E-state index >= 15 is 0 Å². The van der Waals surface area contributed by atoms with E-state index in [2.05, 4.69) is 39.0 Å². The van der Waals surface area contributed by atoms with Gasteiger partial charge in [-0.05, 0) is 24.5 Å². The molecule has 0 atom stereocenters. The first kappa shape index (κ1) is 23.1. The van der Waals surface area contributed by atoms with Crippen LogP contribution in [0.15, 0.2) is 29.1 Å². The highest BCUT2D eigenvalue weighted by molar-refractivity contribution is 5.97. The van der Waals surface area contributed by atoms with Gasteiger partial charge in [-0.25, -0.2) is 14.6 Å². The SMILES string of the molecule is CCC(CC)CN1CCN(C(=O)NCCCOc2c3ccccc3nc3[nH]c(=O)[nH]c23)CC1. The maximum atomic E-state index is 12.5. The van der Waals surface area contributed by atoms with E-state index in [0.29, 0.717) is 36.5 Å². The summed E-state index contributed by atoms with van der Waals surface area (Å²) in [5.74, 6) is 1.35. The van der Waals surface area contributed by atoms with Gasteiger partial charge in [-0.3, -0.25) is 9.88 Å². The monoisotopic (exact) mass is 454 g/mol. The summed E-state index contributed by atoms with van der Waals surface area (Å²) in [5, 5.41) is 3.85. The number of urea groups is 1. The molecule has 3 heterocycles. The van der Waals surface area contributed by atoms with Crippen molar-refractivity contribution in [2.24, 2.45) is 5.92 Å². The minimum absolute atomic E-state index is 0.0103. The number of pyridine rings is 1. The van der Waals surface area contributed by atoms with E-state index in [0.717, 1.165) is 49.5 Å². The summed E-state index contributed by atoms with van der Waals surface area (Å²) in [5.41, 5.74) is 1.48. The molecule has 0 bridgehead atoms. The van der Waals surface area contributed by atoms with Gasteiger partial charge in [0.05, 0.1) is 12.1 Å². The Labute approximate surface area is 193 Å². The molecule has 9 heteroatoms. The summed E-state index contributed by atoms with van der Waals surface area (Å²) in [6.07, 6.45) is 3.08. The Morgan fingerprint density at radius 2 is 1.91 bits per heavy atom. The van der Waals surface area contributed by atoms with Gasteiger partial charge in [-0.15, -0.1) is 0 Å². The van der Waals surface area contributed by atoms with Gasteiger partial charge < -0.3 is 19.9 Å². The highest BCUT2D eigenvalue weighted by atomic mass is 16.5. The van der Waals surface area contributed by atoms with Crippen LogP contribution in [-0.2, 0) is 0 Å². The van der Waals surface area contributed by atoms with Gasteiger partial charge in [0, 0.05) is 44.7 Å². The van der Waals surface area contributed by atoms with Crippen LogP contribution in [0.1, 0.15) is 33.1 Å². The van der Waals surface area contributed by atoms with Gasteiger partial charge in [-0.2, -0.15) is 0 Å². The number of para-hydroxylation sites is 1. The van der Waals surface area contributed by atoms with Crippen molar-refractivity contribution in [3.05, 3.63) is 34.7 Å². The third kappa shape index (κ3) is 5.47. The fraction of sp³-hybridized carbons (Fsp3) is 0.542. The van der Waals surface area contributed by atoms with Crippen LogP contribution in [0.3, 0.4) is 0 Å². The maximum absolute atomic E-state index is 12.5. The third-order valence-corrected chi connectivity index (χ3v) is 6.49. The predicted octanol–water partition coefficient (Wildman–Crippen LogP) is 2.94. The molecule has 178 valence electrons. The highest BCUT2D eigenvalue weighted by Gasteiger charge is 2.22. The van der Waals surface area contributed by atoms with Gasteiger partial charge in [0.15, 0.2) is 11.4 Å². The van der Waals surface area contributed by atoms with Crippen LogP contribution in [0.25, 0.3) is 22.1 Å². The van der Waals surface area contributed by atoms with Crippen molar-refractivity contribution < 1.29 is 9.53 Å². The number of ether oxygens (including phenoxy) is 1. The third-order valence-electron chi connectivity index (χ3n) is 6.49. The average Bonchev–Trinajstić information content (AvgIpc) is 3.21. The molecule has 2 amide bonds. The molecule has 0 unspecified atom stereocenters. The second kappa shape index (κ2) is 10.7. The predicted molar refractivity (Wildman–Crippen MR) is 130 cm³/mol. The molecular formula is C24H34N6O3. The zero-order chi connectivity index (χ0) is 23.2. The Kier molecular flexibility index (Phi) is 7.49. The minimum Gasteiger partial charge on any atom is -0.490 e. The Bertz CT molecular complexity index is 1130. The molecule has 1 saturated heterocycles. The van der Waals surface area contributed by atoms with Crippen LogP contribution in [0.2, 0.25) is 0 Å². The van der Waals surface area contributed by atoms with Crippen LogP contribution < -0.4 is 15.7 Å². The number of fused-ring (bicyclic) bond motifs is 2. The molecule has 9 nitrogen and oxygen atoms in total. The standard InChI is InChI=1S/C24H34N6O3/c1-3-17(4-2)16-29-11-13-30(14-12-29)24(32)25-10-7-15-33-21-18-8-5-6-9-19(18)26-22-20(21)27-23(31)28-22/h5-6,8-9,17H,3-4,7,10-16H2,1-2H3,(H,25,32)(H2,26,27,28,31). The molecular weight excluding hydrogens is 420 g/mol. The summed E-state index contributed by atoms with van der Waals surface area (Å²) in [4.78, 5) is 38.6. The molecule has 1 aromatic carbocycles. The Morgan fingerprint density at radius 3 is 2.67 bits per heavy atom. The first-order valence-corrected chi connectivity index (χ1v) is 12.0. The van der Waals surface area contributed by atoms with Gasteiger partial charge in [0.25, 0.3) is 0 Å². The first-order chi connectivity index (χ1) is 16.1. The van der Waals surface area contributed by atoms with E-state index in [1.165, 1.54) is 12.8 Å². The molecule has 1 aliphatic heterocycles. The number of piperazine rings is 1. The number of imidazole rings is 1. The number of carbonyl (C=O) groups is 1. The van der Waals surface area contributed by atoms with E-state index < -0.39 is 0 Å². The molecule has 0 saturated carbocycles. The zero-order valence-electron chi connectivity index (χ0n) is 19.5. The van der Waals surface area contributed by atoms with Crippen molar-refractivity contribution in [1.82, 2.24) is 30.1 Å². The second-order valence-corrected chi connectivity index (χ2v) is 8.66. The number of hydrogen-bond donors (Lipinski definition) is 3. The van der Waals surface area contributed by atoms with Crippen molar-refractivity contribution in [1.29, 1.82) is 0 Å². The fourth-order valence-electron chi connectivity index (χ4n) is 4.39. The zero-order valence-corrected chi connectivity index (χ0v) is 19.5. The first-order valence-electron chi connectivity index (χ1n) is 12.0. The molecule has 3 N–H and O–H groups in total. The number of amides is 2. The molecule has 1 fully saturated rings. The molecule has 0 radical (unpaired) electrons. The lowest BCUT2D eigenvalue weighted by Crippen LogP contribution is -2.52. The normalized spacial score (nSPS) is 14.9. The Hall–Kier alpha value is -3.07. The lowest BCUT2D eigenvalue weighted by atomic mass is 10.0. The van der Waals surface area contributed by atoms with Crippen molar-refractivity contribution in [3.8, 4) is 5.75 Å². The summed E-state index contributed by atoms with van der Waals surface area (Å²) < 4.78 is 6.04. The van der Waals surface area contributed by atoms with Crippen molar-refractivity contribution >= 4 is 28.1 Å². The quantitative estimate of drug-likeness (QED) is 0.431. The number of carbonyl (C=O) groups excluding carboxylic acids is 1. The van der Waals surface area contributed by atoms with Crippen LogP contribution in [0.4, 0.5) is 4.79 Å². The molecule has 3 aromatic rings. The molecule has 2 aromatic heterocycles. The largest absolute Gasteiger partial charge is 0.490 e. The number of H-pyrrole nitrogens is 2. The Morgan fingerprint density at radius 1 is 1.15 bits per heavy atom. The van der Waals surface area contributed by atoms with Crippen LogP contribution >= 0.6 is 0 Å². The molecule has 4 rings (SSSR count). The topological polar surface area (TPSA) is 106 Å². The van der Waals surface area contributed by atoms with E-state index in [1.54, 1.807) is 0 Å².